The molecule has 0 aromatic heterocycles. The normalized spacial score (nSPS) is 17.6. The lowest BCUT2D eigenvalue weighted by molar-refractivity contribution is -0.131. The highest BCUT2D eigenvalue weighted by Crippen LogP contribution is 2.20. The smallest absolute Gasteiger partial charge is 0.246 e. The molecule has 56 heavy (non-hydrogen) atoms. The zero-order chi connectivity index (χ0) is 43.1. The number of ether oxygens (including phenoxy) is 2. The van der Waals surface area contributed by atoms with Crippen molar-refractivity contribution in [1.29, 1.82) is 0 Å². The predicted octanol–water partition coefficient (Wildman–Crippen LogP) is 7.30. The van der Waals surface area contributed by atoms with Gasteiger partial charge >= 0.3 is 0 Å². The number of carbonyl (C=O) groups is 4. The van der Waals surface area contributed by atoms with Crippen molar-refractivity contribution in [3.63, 3.8) is 0 Å². The Labute approximate surface area is 341 Å². The third kappa shape index (κ3) is 25.6. The van der Waals surface area contributed by atoms with Gasteiger partial charge in [-0.15, -0.1) is 6.58 Å². The zero-order valence-corrected chi connectivity index (χ0v) is 37.6. The molecule has 4 amide bonds. The summed E-state index contributed by atoms with van der Waals surface area (Å²) < 4.78 is 11.3. The van der Waals surface area contributed by atoms with Gasteiger partial charge in [0.25, 0.3) is 0 Å². The highest BCUT2D eigenvalue weighted by Gasteiger charge is 2.29. The molecular formula is C45H81N5O6. The average molecular weight is 788 g/mol. The van der Waals surface area contributed by atoms with Crippen molar-refractivity contribution in [3.05, 3.63) is 53.6 Å². The van der Waals surface area contributed by atoms with E-state index >= 15 is 0 Å². The van der Waals surface area contributed by atoms with Crippen LogP contribution in [0.2, 0.25) is 0 Å². The molecule has 0 spiro atoms. The topological polar surface area (TPSA) is 138 Å². The molecule has 4 atom stereocenters. The Morgan fingerprint density at radius 1 is 0.982 bits per heavy atom. The number of nitrogens with zero attached hydrogens (tertiary/aromatic N) is 1. The summed E-state index contributed by atoms with van der Waals surface area (Å²) in [6, 6.07) is 8.04. The van der Waals surface area contributed by atoms with Gasteiger partial charge in [-0.05, 0) is 87.8 Å². The van der Waals surface area contributed by atoms with E-state index in [-0.39, 0.29) is 41.8 Å². The molecular weight excluding hydrogens is 707 g/mol. The number of nitrogens with one attached hydrogen (secondary N) is 4. The SMILES string of the molecule is C=CC.CC.CC(=O)NCCOCC1CNCC(COCC(=O)NC(C)C(C)(C)C)C1.CC(C)=C(C)c1ccc(CNC(=O)[C@@H]2CCCN2C=O)cc1.CCC. The number of benzene rings is 1. The van der Waals surface area contributed by atoms with Gasteiger partial charge in [-0.1, -0.05) is 90.8 Å². The number of hydrogen-bond donors (Lipinski definition) is 4. The second kappa shape index (κ2) is 32.5. The molecule has 11 heteroatoms. The maximum atomic E-state index is 12.1. The third-order valence-electron chi connectivity index (χ3n) is 9.11. The van der Waals surface area contributed by atoms with Crippen molar-refractivity contribution in [1.82, 2.24) is 26.2 Å². The minimum atomic E-state index is -0.301. The molecule has 2 saturated heterocycles. The zero-order valence-electron chi connectivity index (χ0n) is 37.6. The average Bonchev–Trinajstić information content (AvgIpc) is 3.64. The molecule has 3 unspecified atom stereocenters. The van der Waals surface area contributed by atoms with Crippen LogP contribution in [0.4, 0.5) is 0 Å². The van der Waals surface area contributed by atoms with Gasteiger partial charge in [-0.2, -0.15) is 0 Å². The van der Waals surface area contributed by atoms with Gasteiger partial charge in [0.1, 0.15) is 12.6 Å². The monoisotopic (exact) mass is 788 g/mol. The van der Waals surface area contributed by atoms with E-state index in [0.717, 1.165) is 44.3 Å². The van der Waals surface area contributed by atoms with Crippen LogP contribution in [0.1, 0.15) is 127 Å². The minimum Gasteiger partial charge on any atom is -0.379 e. The Hall–Kier alpha value is -3.54. The number of carbonyl (C=O) groups excluding carboxylic acids is 4. The van der Waals surface area contributed by atoms with E-state index < -0.39 is 0 Å². The van der Waals surface area contributed by atoms with E-state index in [0.29, 0.717) is 51.3 Å². The van der Waals surface area contributed by atoms with Gasteiger partial charge in [-0.25, -0.2) is 0 Å². The summed E-state index contributed by atoms with van der Waals surface area (Å²) in [4.78, 5) is 47.4. The van der Waals surface area contributed by atoms with Gasteiger partial charge in [0.2, 0.25) is 24.1 Å². The first kappa shape index (κ1) is 54.6. The van der Waals surface area contributed by atoms with Crippen LogP contribution >= 0.6 is 0 Å². The summed E-state index contributed by atoms with van der Waals surface area (Å²) in [6.07, 6.45) is 6.44. The lowest BCUT2D eigenvalue weighted by atomic mass is 9.88. The van der Waals surface area contributed by atoms with E-state index in [1.807, 2.05) is 39.8 Å². The molecule has 0 bridgehead atoms. The molecule has 0 radical (unpaired) electrons. The van der Waals surface area contributed by atoms with Gasteiger partial charge < -0.3 is 35.6 Å². The standard InChI is InChI=1S/C19H37N3O4.C18H24N2O2.C3H8.C3H6.C2H6/c1-14(19(3,4)5)22-18(24)13-26-12-17-8-16(9-20-10-17)11-25-7-6-21-15(2)23;1-13(2)14(3)16-8-6-15(7-9-16)11-19-18(22)17-5-4-10-20(17)12-21;2*1-3-2;1-2/h14,16-17,20H,6-13H2,1-5H3,(H,21,23)(H,22,24);6-9,12,17H,4-5,10-11H2,1-3H3,(H,19,22);3H2,1-2H3;3H,1H2,2H3;1-2H3/t;17-;;;/m.0.../s1. The third-order valence-corrected chi connectivity index (χ3v) is 9.11. The van der Waals surface area contributed by atoms with Gasteiger partial charge in [-0.3, -0.25) is 19.2 Å². The number of hydrogen-bond acceptors (Lipinski definition) is 7. The van der Waals surface area contributed by atoms with E-state index in [1.165, 1.54) is 30.1 Å². The van der Waals surface area contributed by atoms with Crippen LogP contribution in [0.15, 0.2) is 42.5 Å². The minimum absolute atomic E-state index is 0.0360. The highest BCUT2D eigenvalue weighted by molar-refractivity contribution is 5.84. The summed E-state index contributed by atoms with van der Waals surface area (Å²) in [5.74, 6) is 0.666. The Balaban J connectivity index is 0. The van der Waals surface area contributed by atoms with Crippen molar-refractivity contribution < 1.29 is 28.7 Å². The molecule has 2 aliphatic heterocycles. The summed E-state index contributed by atoms with van der Waals surface area (Å²) >= 11 is 0. The number of rotatable bonds is 15. The molecule has 1 aromatic carbocycles. The maximum absolute atomic E-state index is 12.1. The first-order valence-corrected chi connectivity index (χ1v) is 20.7. The van der Waals surface area contributed by atoms with Crippen molar-refractivity contribution in [2.24, 2.45) is 17.3 Å². The first-order valence-electron chi connectivity index (χ1n) is 20.7. The number of piperidine rings is 1. The van der Waals surface area contributed by atoms with Gasteiger partial charge in [0.05, 0.1) is 19.8 Å². The van der Waals surface area contributed by atoms with Crippen molar-refractivity contribution >= 4 is 29.7 Å². The number of likely N-dealkylation sites (tertiary alicyclic amines) is 1. The van der Waals surface area contributed by atoms with Crippen molar-refractivity contribution in [2.75, 3.05) is 52.6 Å². The summed E-state index contributed by atoms with van der Waals surface area (Å²) in [5, 5.41) is 12.0. The van der Waals surface area contributed by atoms with Gasteiger partial charge in [0.15, 0.2) is 0 Å². The molecule has 11 nitrogen and oxygen atoms in total. The van der Waals surface area contributed by atoms with Crippen molar-refractivity contribution in [3.8, 4) is 0 Å². The van der Waals surface area contributed by atoms with Crippen LogP contribution in [-0.2, 0) is 35.2 Å². The van der Waals surface area contributed by atoms with Gasteiger partial charge in [0, 0.05) is 45.7 Å². The number of allylic oxidation sites excluding steroid dienone is 3. The second-order valence-corrected chi connectivity index (χ2v) is 15.5. The Bertz CT molecular complexity index is 1260. The molecule has 322 valence electrons. The van der Waals surface area contributed by atoms with Crippen LogP contribution in [0.3, 0.4) is 0 Å². The maximum Gasteiger partial charge on any atom is 0.246 e. The summed E-state index contributed by atoms with van der Waals surface area (Å²) in [5.41, 5.74) is 4.89. The molecule has 3 rings (SSSR count). The second-order valence-electron chi connectivity index (χ2n) is 15.5. The van der Waals surface area contributed by atoms with Crippen LogP contribution in [-0.4, -0.2) is 93.7 Å². The summed E-state index contributed by atoms with van der Waals surface area (Å²) in [7, 11) is 0. The quantitative estimate of drug-likeness (QED) is 0.0832. The van der Waals surface area contributed by atoms with Crippen molar-refractivity contribution in [2.45, 2.75) is 134 Å². The number of amides is 4. The van der Waals surface area contributed by atoms with E-state index in [9.17, 15) is 19.2 Å². The molecule has 2 fully saturated rings. The largest absolute Gasteiger partial charge is 0.379 e. The van der Waals surface area contributed by atoms with Crippen LogP contribution in [0.25, 0.3) is 5.57 Å². The van der Waals surface area contributed by atoms with E-state index in [2.05, 4.69) is 95.4 Å². The molecule has 2 heterocycles. The van der Waals surface area contributed by atoms with Crippen LogP contribution in [0.5, 0.6) is 0 Å². The fraction of sp³-hybridized carbons (Fsp3) is 0.689. The fourth-order valence-corrected chi connectivity index (χ4v) is 5.42. The molecule has 0 aliphatic carbocycles. The fourth-order valence-electron chi connectivity index (χ4n) is 5.42. The lowest BCUT2D eigenvalue weighted by Gasteiger charge is -2.30. The van der Waals surface area contributed by atoms with Crippen LogP contribution in [0, 0.1) is 17.3 Å². The summed E-state index contributed by atoms with van der Waals surface area (Å²) in [6.45, 7) is 35.1. The highest BCUT2D eigenvalue weighted by atomic mass is 16.5. The molecule has 1 aromatic rings. The van der Waals surface area contributed by atoms with E-state index in [1.54, 1.807) is 11.0 Å². The first-order chi connectivity index (χ1) is 26.5. The molecule has 2 aliphatic rings. The Morgan fingerprint density at radius 2 is 1.54 bits per heavy atom. The Kier molecular flexibility index (Phi) is 31.7. The lowest BCUT2D eigenvalue weighted by Crippen LogP contribution is -2.43. The van der Waals surface area contributed by atoms with E-state index in [4.69, 9.17) is 9.47 Å². The predicted molar refractivity (Wildman–Crippen MR) is 233 cm³/mol. The molecule has 4 N–H and O–H groups in total. The molecule has 0 saturated carbocycles. The Morgan fingerprint density at radius 3 is 2.04 bits per heavy atom. The van der Waals surface area contributed by atoms with Crippen LogP contribution < -0.4 is 21.3 Å².